The van der Waals surface area contributed by atoms with Crippen molar-refractivity contribution in [3.05, 3.63) is 29.8 Å². The van der Waals surface area contributed by atoms with Crippen LogP contribution in [-0.2, 0) is 28.8 Å². The van der Waals surface area contributed by atoms with Crippen LogP contribution in [0.4, 0.5) is 0 Å². The molecule has 268 valence electrons. The van der Waals surface area contributed by atoms with Gasteiger partial charge in [0.1, 0.15) is 23.9 Å². The molecule has 48 heavy (non-hydrogen) atoms. The van der Waals surface area contributed by atoms with Gasteiger partial charge in [-0.05, 0) is 57.4 Å². The number of rotatable bonds is 25. The first-order valence-corrected chi connectivity index (χ1v) is 16.1. The second kappa shape index (κ2) is 23.6. The molecule has 1 aromatic rings. The summed E-state index contributed by atoms with van der Waals surface area (Å²) in [4.78, 5) is 83.2. The van der Waals surface area contributed by atoms with E-state index >= 15 is 0 Å². The average molecular weight is 680 g/mol. The molecule has 0 aromatic heterocycles. The molecule has 0 aliphatic heterocycles. The van der Waals surface area contributed by atoms with E-state index in [0.29, 0.717) is 25.3 Å². The van der Waals surface area contributed by atoms with Crippen LogP contribution in [0.5, 0.6) is 5.75 Å². The van der Waals surface area contributed by atoms with Crippen molar-refractivity contribution in [1.82, 2.24) is 26.6 Å². The van der Waals surface area contributed by atoms with Crippen LogP contribution in [0.25, 0.3) is 0 Å². The molecule has 0 heterocycles. The number of carbonyl (C=O) groups is 7. The zero-order chi connectivity index (χ0) is 35.9. The van der Waals surface area contributed by atoms with E-state index in [1.807, 2.05) is 0 Å². The lowest BCUT2D eigenvalue weighted by Gasteiger charge is -2.20. The number of carbonyl (C=O) groups excluding carboxylic acids is 5. The molecule has 0 aliphatic carbocycles. The van der Waals surface area contributed by atoms with Crippen LogP contribution in [0.3, 0.4) is 0 Å². The number of carboxylic acid groups (broad SMARTS) is 2. The number of nitrogens with one attached hydrogen (secondary N) is 5. The van der Waals surface area contributed by atoms with Gasteiger partial charge in [-0.2, -0.15) is 0 Å². The number of aliphatic carboxylic acids is 1. The van der Waals surface area contributed by atoms with Crippen molar-refractivity contribution in [2.75, 3.05) is 26.3 Å². The van der Waals surface area contributed by atoms with Gasteiger partial charge in [0.15, 0.2) is 0 Å². The van der Waals surface area contributed by atoms with Gasteiger partial charge in [-0.25, -0.2) is 9.59 Å². The fraction of sp³-hybridized carbons (Fsp3) is 0.594. The molecule has 1 aromatic carbocycles. The summed E-state index contributed by atoms with van der Waals surface area (Å²) in [6, 6.07) is 2.43. The van der Waals surface area contributed by atoms with E-state index in [4.69, 9.17) is 9.84 Å². The number of aliphatic hydroxyl groups is 1. The lowest BCUT2D eigenvalue weighted by Crippen LogP contribution is -2.54. The van der Waals surface area contributed by atoms with Crippen molar-refractivity contribution in [3.8, 4) is 5.75 Å². The zero-order valence-corrected chi connectivity index (χ0v) is 27.5. The second-order valence-electron chi connectivity index (χ2n) is 11.1. The Kier molecular flexibility index (Phi) is 20.3. The Morgan fingerprint density at radius 3 is 1.88 bits per heavy atom. The minimum absolute atomic E-state index is 0.131. The van der Waals surface area contributed by atoms with Crippen molar-refractivity contribution in [2.45, 2.75) is 96.2 Å². The number of likely N-dealkylation sites (N-methyl/N-ethyl adjacent to an activating group) is 1. The molecule has 0 bridgehead atoms. The maximum atomic E-state index is 12.4. The Balaban J connectivity index is 2.26. The number of aliphatic hydroxyl groups excluding tert-OH is 1. The van der Waals surface area contributed by atoms with Crippen LogP contribution in [0.2, 0.25) is 0 Å². The van der Waals surface area contributed by atoms with Gasteiger partial charge in [-0.1, -0.05) is 32.1 Å². The maximum absolute atomic E-state index is 12.4. The van der Waals surface area contributed by atoms with Crippen molar-refractivity contribution >= 4 is 41.5 Å². The standard InChI is InChI=1S/C32H49N5O11/c1-3-33-28(41)19-34-29(42)21(2)35-30(43)25(20-38)37-27(40)17-16-24(32(46)47)36-26(39)11-9-7-5-4-6-8-10-18-48-23-14-12-22(13-15-23)31(44)45/h12-15,21,24-25,38H,3-11,16-20H2,1-2H3,(H,33,41)(H,34,42)(H,35,43)(H,36,39)(H,37,40)(H,44,45)(H,46,47)/t21?,24-,25-/m0/s1. The Morgan fingerprint density at radius 2 is 1.29 bits per heavy atom. The van der Waals surface area contributed by atoms with Crippen molar-refractivity contribution in [3.63, 3.8) is 0 Å². The number of unbranched alkanes of at least 4 members (excludes halogenated alkanes) is 6. The van der Waals surface area contributed by atoms with Crippen molar-refractivity contribution in [2.24, 2.45) is 0 Å². The molecule has 16 heteroatoms. The smallest absolute Gasteiger partial charge is 0.335 e. The number of hydrogen-bond donors (Lipinski definition) is 8. The fourth-order valence-electron chi connectivity index (χ4n) is 4.37. The summed E-state index contributed by atoms with van der Waals surface area (Å²) in [6.45, 7) is 2.91. The molecule has 0 saturated carbocycles. The number of benzene rings is 1. The SMILES string of the molecule is CCNC(=O)CNC(=O)C(C)NC(=O)[C@H](CO)NC(=O)CC[C@H](NC(=O)CCCCCCCCCOc1ccc(C(=O)O)cc1)C(=O)O. The van der Waals surface area contributed by atoms with Crippen molar-refractivity contribution < 1.29 is 53.6 Å². The molecule has 0 saturated heterocycles. The highest BCUT2D eigenvalue weighted by molar-refractivity contribution is 5.93. The van der Waals surface area contributed by atoms with Crippen LogP contribution in [-0.4, -0.2) is 101 Å². The highest BCUT2D eigenvalue weighted by atomic mass is 16.5. The summed E-state index contributed by atoms with van der Waals surface area (Å²) in [6.07, 6.45) is 5.57. The van der Waals surface area contributed by atoms with Crippen LogP contribution in [0.15, 0.2) is 24.3 Å². The molecule has 1 unspecified atom stereocenters. The number of amides is 5. The summed E-state index contributed by atoms with van der Waals surface area (Å²) in [7, 11) is 0. The molecule has 1 rings (SSSR count). The minimum atomic E-state index is -1.41. The van der Waals surface area contributed by atoms with E-state index < -0.39 is 66.2 Å². The van der Waals surface area contributed by atoms with E-state index in [1.165, 1.54) is 19.1 Å². The number of hydrogen-bond acceptors (Lipinski definition) is 9. The van der Waals surface area contributed by atoms with Gasteiger partial charge in [0.05, 0.1) is 25.3 Å². The number of carboxylic acids is 2. The number of ether oxygens (including phenoxy) is 1. The Bertz CT molecular complexity index is 1210. The summed E-state index contributed by atoms with van der Waals surface area (Å²) in [5.41, 5.74) is 0.202. The molecule has 0 fully saturated rings. The van der Waals surface area contributed by atoms with Gasteiger partial charge in [0, 0.05) is 19.4 Å². The van der Waals surface area contributed by atoms with E-state index in [1.54, 1.807) is 19.1 Å². The average Bonchev–Trinajstić information content (AvgIpc) is 3.05. The highest BCUT2D eigenvalue weighted by Crippen LogP contribution is 2.14. The molecular weight excluding hydrogens is 630 g/mol. The van der Waals surface area contributed by atoms with Crippen LogP contribution >= 0.6 is 0 Å². The van der Waals surface area contributed by atoms with Crippen LogP contribution in [0, 0.1) is 0 Å². The number of aromatic carboxylic acids is 1. The summed E-state index contributed by atoms with van der Waals surface area (Å²) < 4.78 is 5.61. The zero-order valence-electron chi connectivity index (χ0n) is 27.5. The first kappa shape index (κ1) is 41.3. The first-order valence-electron chi connectivity index (χ1n) is 16.1. The van der Waals surface area contributed by atoms with Gasteiger partial charge in [-0.15, -0.1) is 0 Å². The maximum Gasteiger partial charge on any atom is 0.335 e. The minimum Gasteiger partial charge on any atom is -0.494 e. The second-order valence-corrected chi connectivity index (χ2v) is 11.1. The summed E-state index contributed by atoms with van der Waals surface area (Å²) >= 11 is 0. The topological polar surface area (TPSA) is 250 Å². The molecule has 3 atom stereocenters. The van der Waals surface area contributed by atoms with Gasteiger partial charge >= 0.3 is 11.9 Å². The lowest BCUT2D eigenvalue weighted by molar-refractivity contribution is -0.142. The Hall–Kier alpha value is -4.73. The highest BCUT2D eigenvalue weighted by Gasteiger charge is 2.26. The fourth-order valence-corrected chi connectivity index (χ4v) is 4.37. The quantitative estimate of drug-likeness (QED) is 0.0660. The van der Waals surface area contributed by atoms with Crippen LogP contribution < -0.4 is 31.3 Å². The van der Waals surface area contributed by atoms with Crippen LogP contribution in [0.1, 0.15) is 88.4 Å². The molecule has 0 aliphatic rings. The third kappa shape index (κ3) is 17.8. The van der Waals surface area contributed by atoms with Gasteiger partial charge in [0.25, 0.3) is 0 Å². The largest absolute Gasteiger partial charge is 0.494 e. The monoisotopic (exact) mass is 679 g/mol. The summed E-state index contributed by atoms with van der Waals surface area (Å²) in [5, 5.41) is 39.8. The molecule has 0 radical (unpaired) electrons. The predicted octanol–water partition coefficient (Wildman–Crippen LogP) is 0.468. The Morgan fingerprint density at radius 1 is 0.708 bits per heavy atom. The molecule has 0 spiro atoms. The van der Waals surface area contributed by atoms with Gasteiger partial charge in [0.2, 0.25) is 29.5 Å². The molecule has 16 nitrogen and oxygen atoms in total. The molecule has 8 N–H and O–H groups in total. The first-order chi connectivity index (χ1) is 22.9. The van der Waals surface area contributed by atoms with E-state index in [9.17, 15) is 43.8 Å². The van der Waals surface area contributed by atoms with E-state index in [-0.39, 0.29) is 31.4 Å². The normalized spacial score (nSPS) is 12.5. The molecular formula is C32H49N5O11. The third-order valence-electron chi connectivity index (χ3n) is 7.10. The lowest BCUT2D eigenvalue weighted by atomic mass is 10.1. The van der Waals surface area contributed by atoms with Gasteiger partial charge < -0.3 is 46.6 Å². The van der Waals surface area contributed by atoms with E-state index in [0.717, 1.165) is 38.5 Å². The summed E-state index contributed by atoms with van der Waals surface area (Å²) in [5.74, 6) is -4.80. The molecule has 5 amide bonds. The van der Waals surface area contributed by atoms with Crippen molar-refractivity contribution in [1.29, 1.82) is 0 Å². The predicted molar refractivity (Wildman–Crippen MR) is 173 cm³/mol. The van der Waals surface area contributed by atoms with E-state index in [2.05, 4.69) is 26.6 Å². The third-order valence-corrected chi connectivity index (χ3v) is 7.10. The Labute approximate surface area is 279 Å². The van der Waals surface area contributed by atoms with Gasteiger partial charge in [-0.3, -0.25) is 24.0 Å².